The highest BCUT2D eigenvalue weighted by Crippen LogP contribution is 2.38. The Hall–Kier alpha value is -0.870. The van der Waals surface area contributed by atoms with E-state index in [1.165, 1.54) is 37.7 Å². The highest BCUT2D eigenvalue weighted by atomic mass is 32.1. The average Bonchev–Trinajstić information content (AvgIpc) is 3.07. The van der Waals surface area contributed by atoms with Gasteiger partial charge in [-0.2, -0.15) is 0 Å². The molecule has 1 aliphatic rings. The maximum absolute atomic E-state index is 11.9. The van der Waals surface area contributed by atoms with Crippen molar-refractivity contribution in [1.29, 1.82) is 0 Å². The second-order valence-electron chi connectivity index (χ2n) is 5.80. The normalized spacial score (nSPS) is 18.5. The summed E-state index contributed by atoms with van der Waals surface area (Å²) in [6.45, 7) is 3.79. The molecule has 1 aromatic rings. The van der Waals surface area contributed by atoms with Crippen molar-refractivity contribution in [3.05, 3.63) is 22.4 Å². The average molecular weight is 281 g/mol. The van der Waals surface area contributed by atoms with Crippen molar-refractivity contribution in [2.24, 2.45) is 5.92 Å². The molecule has 0 amide bonds. The SMILES string of the molecule is COC(=O)C(C)(C)NC(c1cccs1)C1CCCC1. The molecule has 1 saturated carbocycles. The quantitative estimate of drug-likeness (QED) is 0.839. The molecule has 0 spiro atoms. The molecule has 3 nitrogen and oxygen atoms in total. The largest absolute Gasteiger partial charge is 0.468 e. The maximum atomic E-state index is 11.9. The van der Waals surface area contributed by atoms with Crippen LogP contribution in [0, 0.1) is 5.92 Å². The van der Waals surface area contributed by atoms with Crippen molar-refractivity contribution < 1.29 is 9.53 Å². The Balaban J connectivity index is 2.16. The number of ether oxygens (including phenoxy) is 1. The number of carbonyl (C=O) groups excluding carboxylic acids is 1. The van der Waals surface area contributed by atoms with E-state index in [1.807, 2.05) is 13.8 Å². The number of esters is 1. The number of thiophene rings is 1. The van der Waals surface area contributed by atoms with Crippen LogP contribution in [-0.2, 0) is 9.53 Å². The van der Waals surface area contributed by atoms with Gasteiger partial charge in [-0.25, -0.2) is 0 Å². The van der Waals surface area contributed by atoms with E-state index < -0.39 is 5.54 Å². The molecule has 4 heteroatoms. The van der Waals surface area contributed by atoms with Crippen LogP contribution in [0.5, 0.6) is 0 Å². The molecular weight excluding hydrogens is 258 g/mol. The zero-order valence-corrected chi connectivity index (χ0v) is 12.8. The smallest absolute Gasteiger partial charge is 0.325 e. The van der Waals surface area contributed by atoms with Crippen LogP contribution in [0.2, 0.25) is 0 Å². The van der Waals surface area contributed by atoms with E-state index in [1.54, 1.807) is 11.3 Å². The number of rotatable bonds is 5. The van der Waals surface area contributed by atoms with Crippen molar-refractivity contribution in [3.8, 4) is 0 Å². The molecule has 2 rings (SSSR count). The highest BCUT2D eigenvalue weighted by molar-refractivity contribution is 7.10. The third-order valence-corrected chi connectivity index (χ3v) is 4.89. The van der Waals surface area contributed by atoms with E-state index >= 15 is 0 Å². The van der Waals surface area contributed by atoms with Gasteiger partial charge in [0.05, 0.1) is 7.11 Å². The molecule has 1 aliphatic carbocycles. The number of methoxy groups -OCH3 is 1. The minimum absolute atomic E-state index is 0.202. The summed E-state index contributed by atoms with van der Waals surface area (Å²) in [6.07, 6.45) is 5.08. The van der Waals surface area contributed by atoms with Gasteiger partial charge >= 0.3 is 5.97 Å². The van der Waals surface area contributed by atoms with Gasteiger partial charge in [-0.05, 0) is 44.1 Å². The second kappa shape index (κ2) is 6.06. The minimum Gasteiger partial charge on any atom is -0.468 e. The van der Waals surface area contributed by atoms with Gasteiger partial charge in [-0.15, -0.1) is 11.3 Å². The summed E-state index contributed by atoms with van der Waals surface area (Å²) < 4.78 is 4.90. The van der Waals surface area contributed by atoms with Crippen LogP contribution < -0.4 is 5.32 Å². The molecule has 1 N–H and O–H groups in total. The summed E-state index contributed by atoms with van der Waals surface area (Å²) in [5.41, 5.74) is -0.647. The molecule has 0 radical (unpaired) electrons. The fourth-order valence-corrected chi connectivity index (χ4v) is 3.75. The molecule has 0 aliphatic heterocycles. The van der Waals surface area contributed by atoms with Crippen LogP contribution >= 0.6 is 11.3 Å². The van der Waals surface area contributed by atoms with Crippen LogP contribution in [0.25, 0.3) is 0 Å². The van der Waals surface area contributed by atoms with Gasteiger partial charge < -0.3 is 4.74 Å². The van der Waals surface area contributed by atoms with Gasteiger partial charge in [0, 0.05) is 10.9 Å². The molecule has 0 bridgehead atoms. The first-order valence-electron chi connectivity index (χ1n) is 6.94. The zero-order chi connectivity index (χ0) is 13.9. The Morgan fingerprint density at radius 3 is 2.68 bits per heavy atom. The number of hydrogen-bond donors (Lipinski definition) is 1. The predicted molar refractivity (Wildman–Crippen MR) is 78.2 cm³/mol. The van der Waals surface area contributed by atoms with E-state index in [0.717, 1.165) is 0 Å². The molecule has 19 heavy (non-hydrogen) atoms. The summed E-state index contributed by atoms with van der Waals surface area (Å²) in [6, 6.07) is 4.50. The molecular formula is C15H23NO2S. The zero-order valence-electron chi connectivity index (χ0n) is 11.9. The molecule has 0 saturated heterocycles. The summed E-state index contributed by atoms with van der Waals surface area (Å²) >= 11 is 1.76. The first kappa shape index (κ1) is 14.5. The summed E-state index contributed by atoms with van der Waals surface area (Å²) in [4.78, 5) is 13.2. The summed E-state index contributed by atoms with van der Waals surface area (Å²) in [7, 11) is 1.45. The van der Waals surface area contributed by atoms with Crippen molar-refractivity contribution in [2.45, 2.75) is 51.1 Å². The molecule has 106 valence electrons. The molecule has 1 aromatic heterocycles. The van der Waals surface area contributed by atoms with Crippen molar-refractivity contribution >= 4 is 17.3 Å². The highest BCUT2D eigenvalue weighted by Gasteiger charge is 2.36. The van der Waals surface area contributed by atoms with E-state index in [2.05, 4.69) is 22.8 Å². The first-order valence-corrected chi connectivity index (χ1v) is 7.82. The van der Waals surface area contributed by atoms with E-state index in [9.17, 15) is 4.79 Å². The predicted octanol–water partition coefficient (Wildman–Crippen LogP) is 3.52. The number of carbonyl (C=O) groups is 1. The Kier molecular flexibility index (Phi) is 4.63. The molecule has 1 unspecified atom stereocenters. The standard InChI is InChI=1S/C15H23NO2S/c1-15(2,14(17)18-3)16-13(11-7-4-5-8-11)12-9-6-10-19-12/h6,9-11,13,16H,4-5,7-8H2,1-3H3. The van der Waals surface area contributed by atoms with Gasteiger partial charge in [0.2, 0.25) is 0 Å². The molecule has 1 atom stereocenters. The van der Waals surface area contributed by atoms with Gasteiger partial charge in [0.1, 0.15) is 5.54 Å². The lowest BCUT2D eigenvalue weighted by molar-refractivity contribution is -0.147. The van der Waals surface area contributed by atoms with Crippen LogP contribution in [0.3, 0.4) is 0 Å². The Labute approximate surface area is 119 Å². The molecule has 0 aromatic carbocycles. The van der Waals surface area contributed by atoms with Gasteiger partial charge in [0.15, 0.2) is 0 Å². The van der Waals surface area contributed by atoms with E-state index in [4.69, 9.17) is 4.74 Å². The summed E-state index contributed by atoms with van der Waals surface area (Å²) in [5, 5.41) is 5.63. The van der Waals surface area contributed by atoms with Crippen LogP contribution in [0.1, 0.15) is 50.4 Å². The monoisotopic (exact) mass is 281 g/mol. The van der Waals surface area contributed by atoms with Crippen LogP contribution in [-0.4, -0.2) is 18.6 Å². The summed E-state index contributed by atoms with van der Waals surface area (Å²) in [5.74, 6) is 0.426. The Morgan fingerprint density at radius 2 is 2.16 bits per heavy atom. The third-order valence-electron chi connectivity index (χ3n) is 3.93. The topological polar surface area (TPSA) is 38.3 Å². The second-order valence-corrected chi connectivity index (χ2v) is 6.78. The van der Waals surface area contributed by atoms with Crippen LogP contribution in [0.15, 0.2) is 17.5 Å². The van der Waals surface area contributed by atoms with Crippen molar-refractivity contribution in [2.75, 3.05) is 7.11 Å². The Morgan fingerprint density at radius 1 is 1.47 bits per heavy atom. The maximum Gasteiger partial charge on any atom is 0.325 e. The lowest BCUT2D eigenvalue weighted by Gasteiger charge is -2.32. The minimum atomic E-state index is -0.647. The fourth-order valence-electron chi connectivity index (χ4n) is 2.88. The number of hydrogen-bond acceptors (Lipinski definition) is 4. The van der Waals surface area contributed by atoms with Gasteiger partial charge in [0.25, 0.3) is 0 Å². The lowest BCUT2D eigenvalue weighted by atomic mass is 9.93. The molecule has 1 fully saturated rings. The molecule has 1 heterocycles. The lowest BCUT2D eigenvalue weighted by Crippen LogP contribution is -2.50. The van der Waals surface area contributed by atoms with Crippen LogP contribution in [0.4, 0.5) is 0 Å². The van der Waals surface area contributed by atoms with Gasteiger partial charge in [-0.3, -0.25) is 10.1 Å². The van der Waals surface area contributed by atoms with Gasteiger partial charge in [-0.1, -0.05) is 18.9 Å². The van der Waals surface area contributed by atoms with E-state index in [-0.39, 0.29) is 12.0 Å². The van der Waals surface area contributed by atoms with Crippen molar-refractivity contribution in [3.63, 3.8) is 0 Å². The fraction of sp³-hybridized carbons (Fsp3) is 0.667. The third kappa shape index (κ3) is 3.37. The van der Waals surface area contributed by atoms with E-state index in [0.29, 0.717) is 5.92 Å². The Bertz CT molecular complexity index is 408. The first-order chi connectivity index (χ1) is 9.04. The van der Waals surface area contributed by atoms with Crippen molar-refractivity contribution in [1.82, 2.24) is 5.32 Å². The number of nitrogens with one attached hydrogen (secondary N) is 1.